The Morgan fingerprint density at radius 3 is 2.46 bits per heavy atom. The van der Waals surface area contributed by atoms with E-state index in [0.29, 0.717) is 23.0 Å². The van der Waals surface area contributed by atoms with Gasteiger partial charge in [-0.2, -0.15) is 4.98 Å². The maximum atomic E-state index is 13.0. The van der Waals surface area contributed by atoms with Crippen molar-refractivity contribution < 1.29 is 13.7 Å². The highest BCUT2D eigenvalue weighted by molar-refractivity contribution is 7.98. The summed E-state index contributed by atoms with van der Waals surface area (Å²) >= 11 is 1.44. The van der Waals surface area contributed by atoms with Gasteiger partial charge in [0, 0.05) is 18.2 Å². The Morgan fingerprint density at radius 1 is 1.04 bits per heavy atom. The van der Waals surface area contributed by atoms with Crippen LogP contribution in [-0.2, 0) is 12.8 Å². The molecule has 0 aliphatic heterocycles. The topological polar surface area (TPSA) is 78.9 Å². The third-order valence-corrected chi connectivity index (χ3v) is 5.08. The molecule has 28 heavy (non-hydrogen) atoms. The van der Waals surface area contributed by atoms with E-state index in [0.717, 1.165) is 22.3 Å². The lowest BCUT2D eigenvalue weighted by Gasteiger charge is -2.04. The SMILES string of the molecule is COc1ccc(-c2nnc(SCc3nc(-c4ccc(F)cc4)no3)n2C)cc1. The largest absolute Gasteiger partial charge is 0.497 e. The lowest BCUT2D eigenvalue weighted by atomic mass is 10.2. The lowest BCUT2D eigenvalue weighted by Crippen LogP contribution is -1.95. The highest BCUT2D eigenvalue weighted by atomic mass is 32.2. The van der Waals surface area contributed by atoms with Crippen LogP contribution >= 0.6 is 11.8 Å². The fourth-order valence-corrected chi connectivity index (χ4v) is 3.34. The molecule has 0 amide bonds. The Morgan fingerprint density at radius 2 is 1.75 bits per heavy atom. The molecular formula is C19H16FN5O2S. The second-order valence-corrected chi connectivity index (χ2v) is 6.84. The van der Waals surface area contributed by atoms with E-state index in [4.69, 9.17) is 9.26 Å². The summed E-state index contributed by atoms with van der Waals surface area (Å²) in [6.07, 6.45) is 0. The number of hydrogen-bond donors (Lipinski definition) is 0. The molecule has 2 heterocycles. The Bertz CT molecular complexity index is 1080. The van der Waals surface area contributed by atoms with Gasteiger partial charge >= 0.3 is 0 Å². The van der Waals surface area contributed by atoms with E-state index >= 15 is 0 Å². The fraction of sp³-hybridized carbons (Fsp3) is 0.158. The number of aromatic nitrogens is 5. The highest BCUT2D eigenvalue weighted by Crippen LogP contribution is 2.26. The molecule has 0 saturated heterocycles. The van der Waals surface area contributed by atoms with E-state index in [9.17, 15) is 4.39 Å². The quantitative estimate of drug-likeness (QED) is 0.456. The second-order valence-electron chi connectivity index (χ2n) is 5.90. The van der Waals surface area contributed by atoms with Crippen molar-refractivity contribution in [3.63, 3.8) is 0 Å². The molecule has 2 aromatic carbocycles. The Labute approximate surface area is 164 Å². The zero-order chi connectivity index (χ0) is 19.5. The lowest BCUT2D eigenvalue weighted by molar-refractivity contribution is 0.391. The number of methoxy groups -OCH3 is 1. The van der Waals surface area contributed by atoms with Gasteiger partial charge in [0.05, 0.1) is 12.9 Å². The summed E-state index contributed by atoms with van der Waals surface area (Å²) in [6, 6.07) is 13.6. The first-order valence-electron chi connectivity index (χ1n) is 8.39. The summed E-state index contributed by atoms with van der Waals surface area (Å²) in [7, 11) is 3.53. The van der Waals surface area contributed by atoms with Crippen LogP contribution in [0.4, 0.5) is 4.39 Å². The third-order valence-electron chi connectivity index (χ3n) is 4.08. The van der Waals surface area contributed by atoms with Gasteiger partial charge in [0.25, 0.3) is 0 Å². The summed E-state index contributed by atoms with van der Waals surface area (Å²) in [5, 5.41) is 13.2. The number of benzene rings is 2. The van der Waals surface area contributed by atoms with Gasteiger partial charge in [-0.25, -0.2) is 4.39 Å². The van der Waals surface area contributed by atoms with Crippen molar-refractivity contribution in [2.45, 2.75) is 10.9 Å². The zero-order valence-corrected chi connectivity index (χ0v) is 16.0. The number of hydrogen-bond acceptors (Lipinski definition) is 7. The summed E-state index contributed by atoms with van der Waals surface area (Å²) in [4.78, 5) is 4.35. The number of halogens is 1. The number of nitrogens with zero attached hydrogens (tertiary/aromatic N) is 5. The molecule has 4 rings (SSSR count). The average molecular weight is 397 g/mol. The molecule has 0 saturated carbocycles. The monoisotopic (exact) mass is 397 g/mol. The molecule has 0 aliphatic rings. The van der Waals surface area contributed by atoms with Gasteiger partial charge < -0.3 is 13.8 Å². The molecule has 0 radical (unpaired) electrons. The predicted molar refractivity (Wildman–Crippen MR) is 102 cm³/mol. The smallest absolute Gasteiger partial charge is 0.237 e. The van der Waals surface area contributed by atoms with Gasteiger partial charge in [-0.15, -0.1) is 10.2 Å². The van der Waals surface area contributed by atoms with E-state index in [1.807, 2.05) is 35.9 Å². The van der Waals surface area contributed by atoms with Crippen molar-refractivity contribution in [2.24, 2.45) is 7.05 Å². The Hall–Kier alpha value is -3.20. The maximum Gasteiger partial charge on any atom is 0.237 e. The van der Waals surface area contributed by atoms with Gasteiger partial charge in [-0.1, -0.05) is 16.9 Å². The molecule has 0 fully saturated rings. The maximum absolute atomic E-state index is 13.0. The van der Waals surface area contributed by atoms with E-state index in [2.05, 4.69) is 20.3 Å². The van der Waals surface area contributed by atoms with Crippen molar-refractivity contribution in [2.75, 3.05) is 7.11 Å². The summed E-state index contributed by atoms with van der Waals surface area (Å²) in [6.45, 7) is 0. The van der Waals surface area contributed by atoms with Crippen LogP contribution in [0.2, 0.25) is 0 Å². The van der Waals surface area contributed by atoms with Gasteiger partial charge in [0.2, 0.25) is 11.7 Å². The normalized spacial score (nSPS) is 11.0. The molecule has 0 aliphatic carbocycles. The minimum atomic E-state index is -0.307. The van der Waals surface area contributed by atoms with Crippen LogP contribution in [0.25, 0.3) is 22.8 Å². The van der Waals surface area contributed by atoms with Crippen molar-refractivity contribution in [1.82, 2.24) is 24.9 Å². The second kappa shape index (κ2) is 7.81. The van der Waals surface area contributed by atoms with E-state index < -0.39 is 0 Å². The fourth-order valence-electron chi connectivity index (χ4n) is 2.59. The van der Waals surface area contributed by atoms with Gasteiger partial charge in [0.15, 0.2) is 11.0 Å². The molecule has 2 aromatic heterocycles. The average Bonchev–Trinajstić information content (AvgIpc) is 3.34. The van der Waals surface area contributed by atoms with E-state index in [1.165, 1.54) is 23.9 Å². The molecule has 7 nitrogen and oxygen atoms in total. The van der Waals surface area contributed by atoms with Gasteiger partial charge in [-0.05, 0) is 48.5 Å². The van der Waals surface area contributed by atoms with Crippen LogP contribution in [0.15, 0.2) is 58.2 Å². The first-order chi connectivity index (χ1) is 13.6. The van der Waals surface area contributed by atoms with Crippen molar-refractivity contribution in [3.05, 3.63) is 60.2 Å². The molecule has 0 unspecified atom stereocenters. The molecule has 0 spiro atoms. The Kier molecular flexibility index (Phi) is 5.07. The summed E-state index contributed by atoms with van der Waals surface area (Å²) in [5.41, 5.74) is 1.64. The minimum Gasteiger partial charge on any atom is -0.497 e. The molecule has 142 valence electrons. The number of rotatable bonds is 6. The highest BCUT2D eigenvalue weighted by Gasteiger charge is 2.14. The van der Waals surface area contributed by atoms with E-state index in [-0.39, 0.29) is 5.82 Å². The third kappa shape index (κ3) is 3.74. The van der Waals surface area contributed by atoms with Crippen LogP contribution in [0.3, 0.4) is 0 Å². The van der Waals surface area contributed by atoms with Crippen LogP contribution < -0.4 is 4.74 Å². The Balaban J connectivity index is 1.45. The van der Waals surface area contributed by atoms with Crippen molar-refractivity contribution in [3.8, 4) is 28.5 Å². The van der Waals surface area contributed by atoms with Gasteiger partial charge in [0.1, 0.15) is 11.6 Å². The van der Waals surface area contributed by atoms with Crippen LogP contribution in [0.1, 0.15) is 5.89 Å². The summed E-state index contributed by atoms with van der Waals surface area (Å²) < 4.78 is 25.4. The van der Waals surface area contributed by atoms with Crippen molar-refractivity contribution in [1.29, 1.82) is 0 Å². The van der Waals surface area contributed by atoms with Crippen LogP contribution in [0, 0.1) is 5.82 Å². The minimum absolute atomic E-state index is 0.307. The molecular weight excluding hydrogens is 381 g/mol. The number of thioether (sulfide) groups is 1. The molecule has 0 bridgehead atoms. The standard InChI is InChI=1S/C19H16FN5O2S/c1-25-18(13-5-9-15(26-2)10-6-13)22-23-19(25)28-11-16-21-17(24-27-16)12-3-7-14(20)8-4-12/h3-10H,11H2,1-2H3. The molecule has 9 heteroatoms. The molecule has 4 aromatic rings. The van der Waals surface area contributed by atoms with Gasteiger partial charge in [-0.3, -0.25) is 0 Å². The molecule has 0 N–H and O–H groups in total. The van der Waals surface area contributed by atoms with E-state index in [1.54, 1.807) is 19.2 Å². The predicted octanol–water partition coefficient (Wildman–Crippen LogP) is 3.97. The summed E-state index contributed by atoms with van der Waals surface area (Å²) in [5.74, 6) is 2.56. The van der Waals surface area contributed by atoms with Crippen LogP contribution in [-0.4, -0.2) is 32.0 Å². The van der Waals surface area contributed by atoms with Crippen LogP contribution in [0.5, 0.6) is 5.75 Å². The first kappa shape index (κ1) is 18.2. The number of ether oxygens (including phenoxy) is 1. The molecule has 0 atom stereocenters. The first-order valence-corrected chi connectivity index (χ1v) is 9.38. The van der Waals surface area contributed by atoms with Crippen molar-refractivity contribution >= 4 is 11.8 Å². The zero-order valence-electron chi connectivity index (χ0n) is 15.2.